The lowest BCUT2D eigenvalue weighted by molar-refractivity contribution is -0.133. The Morgan fingerprint density at radius 1 is 1.08 bits per heavy atom. The molecular formula is C30H34ClN3O3. The Morgan fingerprint density at radius 2 is 1.86 bits per heavy atom. The van der Waals surface area contributed by atoms with E-state index in [1.807, 2.05) is 41.3 Å². The van der Waals surface area contributed by atoms with E-state index in [1.54, 1.807) is 7.11 Å². The van der Waals surface area contributed by atoms with E-state index in [1.165, 1.54) is 12.5 Å². The van der Waals surface area contributed by atoms with Crippen LogP contribution in [0.2, 0.25) is 5.02 Å². The van der Waals surface area contributed by atoms with Crippen molar-refractivity contribution in [3.05, 3.63) is 88.4 Å². The summed E-state index contributed by atoms with van der Waals surface area (Å²) in [5.74, 6) is 0.711. The van der Waals surface area contributed by atoms with Gasteiger partial charge in [0.05, 0.1) is 13.7 Å². The number of hydrogen-bond acceptors (Lipinski definition) is 4. The third-order valence-corrected chi connectivity index (χ3v) is 7.25. The van der Waals surface area contributed by atoms with Crippen molar-refractivity contribution in [2.75, 3.05) is 26.7 Å². The van der Waals surface area contributed by atoms with Gasteiger partial charge >= 0.3 is 0 Å². The molecule has 1 aliphatic rings. The van der Waals surface area contributed by atoms with E-state index in [0.29, 0.717) is 19.6 Å². The highest BCUT2D eigenvalue weighted by molar-refractivity contribution is 6.30. The Balaban J connectivity index is 1.53. The molecular weight excluding hydrogens is 486 g/mol. The maximum absolute atomic E-state index is 12.7. The standard InChI is InChI=1S/C30H34ClN3O3/c1-20-15-25(31)10-11-26(20)23-9-12-29(37-3)24(16-23)17-33-28-13-14-34(30(36)18-32-21(2)35)19-27(28)22-7-5-4-6-8-22/h4-12,15-16,27-28,33H,13-14,17-19H2,1-3H3,(H,32,35). The maximum Gasteiger partial charge on any atom is 0.241 e. The van der Waals surface area contributed by atoms with Crippen molar-refractivity contribution in [3.63, 3.8) is 0 Å². The molecule has 0 radical (unpaired) electrons. The zero-order valence-electron chi connectivity index (χ0n) is 21.6. The molecule has 1 aliphatic heterocycles. The van der Waals surface area contributed by atoms with Gasteiger partial charge in [0.25, 0.3) is 0 Å². The second-order valence-corrected chi connectivity index (χ2v) is 9.97. The van der Waals surface area contributed by atoms with Crippen LogP contribution < -0.4 is 15.4 Å². The summed E-state index contributed by atoms with van der Waals surface area (Å²) < 4.78 is 5.68. The van der Waals surface area contributed by atoms with Crippen LogP contribution in [0, 0.1) is 6.92 Å². The van der Waals surface area contributed by atoms with Crippen molar-refractivity contribution in [2.45, 2.75) is 38.8 Å². The largest absolute Gasteiger partial charge is 0.496 e. The van der Waals surface area contributed by atoms with E-state index in [4.69, 9.17) is 16.3 Å². The van der Waals surface area contributed by atoms with E-state index in [-0.39, 0.29) is 30.3 Å². The number of carbonyl (C=O) groups excluding carboxylic acids is 2. The van der Waals surface area contributed by atoms with Gasteiger partial charge in [0.2, 0.25) is 11.8 Å². The van der Waals surface area contributed by atoms with Gasteiger partial charge in [-0.25, -0.2) is 0 Å². The number of piperidine rings is 1. The van der Waals surface area contributed by atoms with Gasteiger partial charge in [-0.1, -0.05) is 54.1 Å². The van der Waals surface area contributed by atoms with Gasteiger partial charge in [0, 0.05) is 49.1 Å². The number of nitrogens with one attached hydrogen (secondary N) is 2. The molecule has 2 atom stereocenters. The van der Waals surface area contributed by atoms with Crippen LogP contribution in [0.3, 0.4) is 0 Å². The molecule has 1 fully saturated rings. The Morgan fingerprint density at radius 3 is 2.57 bits per heavy atom. The first kappa shape index (κ1) is 26.7. The number of amides is 2. The van der Waals surface area contributed by atoms with Crippen molar-refractivity contribution in [1.82, 2.24) is 15.5 Å². The highest BCUT2D eigenvalue weighted by atomic mass is 35.5. The minimum absolute atomic E-state index is 0.0308. The highest BCUT2D eigenvalue weighted by Gasteiger charge is 2.32. The second-order valence-electron chi connectivity index (χ2n) is 9.53. The van der Waals surface area contributed by atoms with Crippen molar-refractivity contribution in [1.29, 1.82) is 0 Å². The Hall–Kier alpha value is -3.35. The number of hydrogen-bond donors (Lipinski definition) is 2. The molecule has 3 aromatic carbocycles. The fraction of sp³-hybridized carbons (Fsp3) is 0.333. The van der Waals surface area contributed by atoms with E-state index in [2.05, 4.69) is 47.9 Å². The Labute approximate surface area is 224 Å². The molecule has 0 saturated carbocycles. The van der Waals surface area contributed by atoms with Crippen LogP contribution in [0.1, 0.15) is 36.0 Å². The number of aryl methyl sites for hydroxylation is 1. The highest BCUT2D eigenvalue weighted by Crippen LogP contribution is 2.32. The third-order valence-electron chi connectivity index (χ3n) is 7.02. The minimum atomic E-state index is -0.200. The fourth-order valence-corrected chi connectivity index (χ4v) is 5.28. The molecule has 0 bridgehead atoms. The van der Waals surface area contributed by atoms with Gasteiger partial charge in [-0.3, -0.25) is 9.59 Å². The molecule has 1 heterocycles. The predicted octanol–water partition coefficient (Wildman–Crippen LogP) is 4.93. The van der Waals surface area contributed by atoms with Gasteiger partial charge in [-0.05, 0) is 59.9 Å². The summed E-state index contributed by atoms with van der Waals surface area (Å²) in [6.07, 6.45) is 0.809. The first-order valence-electron chi connectivity index (χ1n) is 12.6. The number of benzene rings is 3. The lowest BCUT2D eigenvalue weighted by atomic mass is 9.85. The predicted molar refractivity (Wildman–Crippen MR) is 148 cm³/mol. The molecule has 37 heavy (non-hydrogen) atoms. The topological polar surface area (TPSA) is 70.7 Å². The molecule has 1 saturated heterocycles. The van der Waals surface area contributed by atoms with Crippen molar-refractivity contribution in [3.8, 4) is 16.9 Å². The molecule has 2 amide bonds. The summed E-state index contributed by atoms with van der Waals surface area (Å²) in [6, 6.07) is 22.7. The molecule has 194 valence electrons. The molecule has 0 spiro atoms. The van der Waals surface area contributed by atoms with Gasteiger partial charge in [0.1, 0.15) is 5.75 Å². The maximum atomic E-state index is 12.7. The van der Waals surface area contributed by atoms with Crippen LogP contribution in [0.5, 0.6) is 5.75 Å². The van der Waals surface area contributed by atoms with E-state index >= 15 is 0 Å². The number of rotatable bonds is 8. The van der Waals surface area contributed by atoms with Crippen LogP contribution in [0.4, 0.5) is 0 Å². The molecule has 0 aromatic heterocycles. The van der Waals surface area contributed by atoms with Gasteiger partial charge in [0.15, 0.2) is 0 Å². The SMILES string of the molecule is COc1ccc(-c2ccc(Cl)cc2C)cc1CNC1CCN(C(=O)CNC(C)=O)CC1c1ccccc1. The Kier molecular flexibility index (Phi) is 8.85. The van der Waals surface area contributed by atoms with Crippen LogP contribution >= 0.6 is 11.6 Å². The molecule has 7 heteroatoms. The molecule has 2 N–H and O–H groups in total. The lowest BCUT2D eigenvalue weighted by Crippen LogP contribution is -2.51. The summed E-state index contributed by atoms with van der Waals surface area (Å²) in [6.45, 7) is 5.39. The number of halogens is 1. The van der Waals surface area contributed by atoms with Crippen LogP contribution in [-0.4, -0.2) is 49.5 Å². The molecule has 2 unspecified atom stereocenters. The normalized spacial score (nSPS) is 17.4. The van der Waals surface area contributed by atoms with Crippen molar-refractivity contribution >= 4 is 23.4 Å². The molecule has 0 aliphatic carbocycles. The number of methoxy groups -OCH3 is 1. The molecule has 4 rings (SSSR count). The number of likely N-dealkylation sites (tertiary alicyclic amines) is 1. The third kappa shape index (κ3) is 6.70. The van der Waals surface area contributed by atoms with Crippen molar-refractivity contribution in [2.24, 2.45) is 0 Å². The monoisotopic (exact) mass is 519 g/mol. The minimum Gasteiger partial charge on any atom is -0.496 e. The van der Waals surface area contributed by atoms with Crippen LogP contribution in [0.25, 0.3) is 11.1 Å². The van der Waals surface area contributed by atoms with Crippen molar-refractivity contribution < 1.29 is 14.3 Å². The molecule has 6 nitrogen and oxygen atoms in total. The van der Waals surface area contributed by atoms with E-state index < -0.39 is 0 Å². The summed E-state index contributed by atoms with van der Waals surface area (Å²) in [4.78, 5) is 25.9. The first-order valence-corrected chi connectivity index (χ1v) is 13.0. The summed E-state index contributed by atoms with van der Waals surface area (Å²) >= 11 is 6.17. The van der Waals surface area contributed by atoms with E-state index in [9.17, 15) is 9.59 Å². The van der Waals surface area contributed by atoms with Gasteiger partial charge in [-0.15, -0.1) is 0 Å². The number of ether oxygens (including phenoxy) is 1. The smallest absolute Gasteiger partial charge is 0.241 e. The number of nitrogens with zero attached hydrogens (tertiary/aromatic N) is 1. The summed E-state index contributed by atoms with van der Waals surface area (Å²) in [5.41, 5.74) is 5.64. The summed E-state index contributed by atoms with van der Waals surface area (Å²) in [7, 11) is 1.69. The van der Waals surface area contributed by atoms with Gasteiger partial charge < -0.3 is 20.3 Å². The van der Waals surface area contributed by atoms with Crippen LogP contribution in [0.15, 0.2) is 66.7 Å². The average molecular weight is 520 g/mol. The van der Waals surface area contributed by atoms with Gasteiger partial charge in [-0.2, -0.15) is 0 Å². The van der Waals surface area contributed by atoms with E-state index in [0.717, 1.165) is 39.4 Å². The fourth-order valence-electron chi connectivity index (χ4n) is 5.05. The summed E-state index contributed by atoms with van der Waals surface area (Å²) in [5, 5.41) is 7.12. The molecule has 3 aromatic rings. The average Bonchev–Trinajstić information content (AvgIpc) is 2.90. The number of carbonyl (C=O) groups is 2. The zero-order valence-corrected chi connectivity index (χ0v) is 22.3. The lowest BCUT2D eigenvalue weighted by Gasteiger charge is -2.39. The zero-order chi connectivity index (χ0) is 26.4. The second kappa shape index (κ2) is 12.3. The van der Waals surface area contributed by atoms with Crippen LogP contribution in [-0.2, 0) is 16.1 Å². The first-order chi connectivity index (χ1) is 17.9. The Bertz CT molecular complexity index is 1250. The quantitative estimate of drug-likeness (QED) is 0.442.